The molecule has 21 heavy (non-hydrogen) atoms. The lowest BCUT2D eigenvalue weighted by Gasteiger charge is -2.26. The van der Waals surface area contributed by atoms with E-state index in [-0.39, 0.29) is 11.9 Å². The van der Waals surface area contributed by atoms with E-state index in [9.17, 15) is 9.59 Å². The Morgan fingerprint density at radius 2 is 1.95 bits per heavy atom. The lowest BCUT2D eigenvalue weighted by atomic mass is 9.82. The molecular weight excluding hydrogens is 288 g/mol. The highest BCUT2D eigenvalue weighted by molar-refractivity contribution is 7.08. The molecule has 6 heteroatoms. The minimum absolute atomic E-state index is 0.152. The van der Waals surface area contributed by atoms with E-state index < -0.39 is 5.97 Å². The molecule has 0 atom stereocenters. The van der Waals surface area contributed by atoms with Gasteiger partial charge in [-0.1, -0.05) is 0 Å². The van der Waals surface area contributed by atoms with Crippen LogP contribution in [0.15, 0.2) is 10.8 Å². The second kappa shape index (κ2) is 7.45. The fourth-order valence-corrected chi connectivity index (χ4v) is 3.51. The minimum Gasteiger partial charge on any atom is -0.481 e. The summed E-state index contributed by atoms with van der Waals surface area (Å²) in [6, 6.07) is -0.152. The second-order valence-corrected chi connectivity index (χ2v) is 6.44. The summed E-state index contributed by atoms with van der Waals surface area (Å²) in [4.78, 5) is 22.6. The van der Waals surface area contributed by atoms with Gasteiger partial charge in [-0.15, -0.1) is 0 Å². The average molecular weight is 310 g/mol. The van der Waals surface area contributed by atoms with Gasteiger partial charge in [0, 0.05) is 13.1 Å². The number of hydrogen-bond acceptors (Lipinski definition) is 3. The molecule has 5 nitrogen and oxygen atoms in total. The number of urea groups is 1. The fourth-order valence-electron chi connectivity index (χ4n) is 2.66. The van der Waals surface area contributed by atoms with Crippen LogP contribution in [-0.4, -0.2) is 23.7 Å². The van der Waals surface area contributed by atoms with Crippen molar-refractivity contribution in [2.24, 2.45) is 11.8 Å². The third-order valence-electron chi connectivity index (χ3n) is 4.15. The number of carbonyl (C=O) groups is 2. The summed E-state index contributed by atoms with van der Waals surface area (Å²) in [5.74, 6) is -0.490. The highest BCUT2D eigenvalue weighted by atomic mass is 32.1. The Kier molecular flexibility index (Phi) is 5.61. The molecule has 0 radical (unpaired) electrons. The maximum absolute atomic E-state index is 11.8. The van der Waals surface area contributed by atoms with Gasteiger partial charge < -0.3 is 15.7 Å². The number of amides is 2. The van der Waals surface area contributed by atoms with Gasteiger partial charge in [0.1, 0.15) is 0 Å². The molecule has 1 heterocycles. The summed E-state index contributed by atoms with van der Waals surface area (Å²) < 4.78 is 0. The van der Waals surface area contributed by atoms with Crippen LogP contribution in [0.4, 0.5) is 4.79 Å². The van der Waals surface area contributed by atoms with Crippen LogP contribution in [0.2, 0.25) is 0 Å². The van der Waals surface area contributed by atoms with E-state index in [4.69, 9.17) is 5.11 Å². The number of aliphatic carboxylic acids is 1. The van der Waals surface area contributed by atoms with Gasteiger partial charge in [-0.05, 0) is 60.4 Å². The zero-order valence-corrected chi connectivity index (χ0v) is 13.0. The van der Waals surface area contributed by atoms with Crippen molar-refractivity contribution in [2.45, 2.75) is 39.2 Å². The van der Waals surface area contributed by atoms with Gasteiger partial charge in [-0.3, -0.25) is 4.79 Å². The van der Waals surface area contributed by atoms with Gasteiger partial charge in [0.15, 0.2) is 0 Å². The molecule has 1 aliphatic carbocycles. The van der Waals surface area contributed by atoms with Crippen LogP contribution in [0.25, 0.3) is 0 Å². The SMILES string of the molecule is Cc1cscc1CNC(=O)NCC1CCC(C(=O)O)CC1. The molecule has 2 rings (SSSR count). The number of hydrogen-bond donors (Lipinski definition) is 3. The molecule has 1 aromatic rings. The van der Waals surface area contributed by atoms with Crippen LogP contribution >= 0.6 is 11.3 Å². The topological polar surface area (TPSA) is 78.4 Å². The van der Waals surface area contributed by atoms with E-state index in [1.165, 1.54) is 5.56 Å². The number of carbonyl (C=O) groups excluding carboxylic acids is 1. The van der Waals surface area contributed by atoms with Crippen molar-refractivity contribution in [3.63, 3.8) is 0 Å². The van der Waals surface area contributed by atoms with Gasteiger partial charge in [0.25, 0.3) is 0 Å². The van der Waals surface area contributed by atoms with E-state index in [1.807, 2.05) is 12.3 Å². The monoisotopic (exact) mass is 310 g/mol. The summed E-state index contributed by atoms with van der Waals surface area (Å²) in [5.41, 5.74) is 2.35. The van der Waals surface area contributed by atoms with Gasteiger partial charge in [-0.25, -0.2) is 4.79 Å². The molecule has 0 aromatic carbocycles. The number of rotatable bonds is 5. The van der Waals surface area contributed by atoms with Crippen LogP contribution in [0, 0.1) is 18.8 Å². The van der Waals surface area contributed by atoms with Gasteiger partial charge in [0.2, 0.25) is 0 Å². The van der Waals surface area contributed by atoms with E-state index in [1.54, 1.807) is 11.3 Å². The molecule has 0 aliphatic heterocycles. The van der Waals surface area contributed by atoms with Crippen molar-refractivity contribution in [1.82, 2.24) is 10.6 Å². The summed E-state index contributed by atoms with van der Waals surface area (Å²) in [6.45, 7) is 3.21. The lowest BCUT2D eigenvalue weighted by molar-refractivity contribution is -0.143. The van der Waals surface area contributed by atoms with E-state index >= 15 is 0 Å². The molecular formula is C15H22N2O3S. The molecule has 116 valence electrons. The maximum atomic E-state index is 11.8. The summed E-state index contributed by atoms with van der Waals surface area (Å²) in [5, 5.41) is 18.8. The number of carboxylic acids is 1. The highest BCUT2D eigenvalue weighted by Crippen LogP contribution is 2.28. The predicted molar refractivity (Wildman–Crippen MR) is 82.4 cm³/mol. The quantitative estimate of drug-likeness (QED) is 0.782. The molecule has 1 fully saturated rings. The molecule has 2 amide bonds. The molecule has 1 aromatic heterocycles. The second-order valence-electron chi connectivity index (χ2n) is 5.70. The van der Waals surface area contributed by atoms with Crippen molar-refractivity contribution in [3.05, 3.63) is 21.9 Å². The molecule has 1 aliphatic rings. The molecule has 3 N–H and O–H groups in total. The number of aryl methyl sites for hydroxylation is 1. The van der Waals surface area contributed by atoms with Crippen LogP contribution in [-0.2, 0) is 11.3 Å². The summed E-state index contributed by atoms with van der Waals surface area (Å²) in [6.07, 6.45) is 3.19. The molecule has 0 bridgehead atoms. The smallest absolute Gasteiger partial charge is 0.315 e. The zero-order chi connectivity index (χ0) is 15.2. The fraction of sp³-hybridized carbons (Fsp3) is 0.600. The Balaban J connectivity index is 1.63. The van der Waals surface area contributed by atoms with E-state index in [0.717, 1.165) is 31.2 Å². The van der Waals surface area contributed by atoms with Crippen molar-refractivity contribution in [2.75, 3.05) is 6.54 Å². The first-order valence-electron chi connectivity index (χ1n) is 7.32. The third-order valence-corrected chi connectivity index (χ3v) is 5.06. The van der Waals surface area contributed by atoms with Crippen molar-refractivity contribution in [3.8, 4) is 0 Å². The van der Waals surface area contributed by atoms with Gasteiger partial charge in [-0.2, -0.15) is 11.3 Å². The van der Waals surface area contributed by atoms with Crippen molar-refractivity contribution >= 4 is 23.3 Å². The lowest BCUT2D eigenvalue weighted by Crippen LogP contribution is -2.39. The first-order chi connectivity index (χ1) is 10.1. The summed E-state index contributed by atoms with van der Waals surface area (Å²) >= 11 is 1.64. The molecule has 0 unspecified atom stereocenters. The average Bonchev–Trinajstić information content (AvgIpc) is 2.88. The first kappa shape index (κ1) is 15.8. The standard InChI is InChI=1S/C15H22N2O3S/c1-10-8-21-9-13(10)7-17-15(20)16-6-11-2-4-12(5-3-11)14(18)19/h8-9,11-12H,2-7H2,1H3,(H,18,19)(H2,16,17,20). The number of nitrogens with one attached hydrogen (secondary N) is 2. The van der Waals surface area contributed by atoms with Gasteiger partial charge in [0.05, 0.1) is 5.92 Å². The Hall–Kier alpha value is -1.56. The van der Waals surface area contributed by atoms with Crippen LogP contribution in [0.5, 0.6) is 0 Å². The van der Waals surface area contributed by atoms with E-state index in [0.29, 0.717) is 19.0 Å². The van der Waals surface area contributed by atoms with Crippen LogP contribution < -0.4 is 10.6 Å². The maximum Gasteiger partial charge on any atom is 0.315 e. The Morgan fingerprint density at radius 3 is 2.52 bits per heavy atom. The van der Waals surface area contributed by atoms with Crippen LogP contribution in [0.3, 0.4) is 0 Å². The third kappa shape index (κ3) is 4.74. The largest absolute Gasteiger partial charge is 0.481 e. The Morgan fingerprint density at radius 1 is 1.24 bits per heavy atom. The molecule has 0 saturated heterocycles. The number of thiophene rings is 1. The van der Waals surface area contributed by atoms with Gasteiger partial charge >= 0.3 is 12.0 Å². The predicted octanol–water partition coefficient (Wildman–Crippen LogP) is 2.75. The van der Waals surface area contributed by atoms with Crippen molar-refractivity contribution < 1.29 is 14.7 Å². The Bertz CT molecular complexity index is 493. The van der Waals surface area contributed by atoms with Crippen LogP contribution in [0.1, 0.15) is 36.8 Å². The molecule has 1 saturated carbocycles. The zero-order valence-electron chi connectivity index (χ0n) is 12.2. The molecule has 0 spiro atoms. The minimum atomic E-state index is -0.690. The van der Waals surface area contributed by atoms with Crippen molar-refractivity contribution in [1.29, 1.82) is 0 Å². The summed E-state index contributed by atoms with van der Waals surface area (Å²) in [7, 11) is 0. The number of carboxylic acid groups (broad SMARTS) is 1. The normalized spacial score (nSPS) is 21.8. The van der Waals surface area contributed by atoms with E-state index in [2.05, 4.69) is 16.0 Å². The Labute approximate surface area is 128 Å². The first-order valence-corrected chi connectivity index (χ1v) is 8.26. The highest BCUT2D eigenvalue weighted by Gasteiger charge is 2.25.